The van der Waals surface area contributed by atoms with Crippen molar-refractivity contribution >= 4 is 29.6 Å². The van der Waals surface area contributed by atoms with Gasteiger partial charge in [-0.05, 0) is 41.0 Å². The van der Waals surface area contributed by atoms with E-state index in [9.17, 15) is 4.79 Å². The van der Waals surface area contributed by atoms with Crippen LogP contribution in [0.4, 0.5) is 11.5 Å². The zero-order valence-corrected chi connectivity index (χ0v) is 17.3. The van der Waals surface area contributed by atoms with Crippen LogP contribution in [0.2, 0.25) is 0 Å². The van der Waals surface area contributed by atoms with Gasteiger partial charge in [-0.2, -0.15) is 0 Å². The lowest BCUT2D eigenvalue weighted by Crippen LogP contribution is -2.29. The van der Waals surface area contributed by atoms with Crippen molar-refractivity contribution < 1.29 is 9.53 Å². The molecule has 1 aromatic heterocycles. The van der Waals surface area contributed by atoms with Crippen LogP contribution in [0.5, 0.6) is 0 Å². The number of aromatic nitrogens is 1. The van der Waals surface area contributed by atoms with Crippen molar-refractivity contribution in [2.45, 2.75) is 13.5 Å². The van der Waals surface area contributed by atoms with E-state index >= 15 is 0 Å². The molecule has 5 nitrogen and oxygen atoms in total. The summed E-state index contributed by atoms with van der Waals surface area (Å²) in [5.41, 5.74) is 6.11. The van der Waals surface area contributed by atoms with E-state index in [1.165, 1.54) is 0 Å². The van der Waals surface area contributed by atoms with Gasteiger partial charge in [0.2, 0.25) is 5.91 Å². The summed E-state index contributed by atoms with van der Waals surface area (Å²) in [5, 5.41) is 3.27. The van der Waals surface area contributed by atoms with Gasteiger partial charge in [-0.15, -0.1) is 0 Å². The number of nitrogens with zero attached hydrogens (tertiary/aromatic N) is 2. The molecule has 0 saturated heterocycles. The minimum atomic E-state index is 0.0317. The second-order valence-corrected chi connectivity index (χ2v) is 7.24. The van der Waals surface area contributed by atoms with Gasteiger partial charge in [0.25, 0.3) is 0 Å². The molecule has 2 heterocycles. The van der Waals surface area contributed by atoms with Crippen LogP contribution in [-0.2, 0) is 16.1 Å². The molecular weight excluding hydrogens is 374 g/mol. The van der Waals surface area contributed by atoms with E-state index in [1.54, 1.807) is 14.0 Å². The van der Waals surface area contributed by atoms with Crippen molar-refractivity contribution in [2.75, 3.05) is 30.5 Å². The number of hydrogen-bond acceptors (Lipinski definition) is 4. The molecule has 0 saturated carbocycles. The van der Waals surface area contributed by atoms with Gasteiger partial charge < -0.3 is 15.0 Å². The summed E-state index contributed by atoms with van der Waals surface area (Å²) in [6.45, 7) is 3.49. The highest BCUT2D eigenvalue weighted by Crippen LogP contribution is 2.31. The van der Waals surface area contributed by atoms with E-state index in [1.807, 2.05) is 47.4 Å². The zero-order chi connectivity index (χ0) is 20.9. The highest BCUT2D eigenvalue weighted by Gasteiger charge is 2.18. The lowest BCUT2D eigenvalue weighted by atomic mass is 9.97. The Labute approximate surface area is 177 Å². The van der Waals surface area contributed by atoms with E-state index in [-0.39, 0.29) is 5.91 Å². The maximum Gasteiger partial charge on any atom is 0.224 e. The number of carbonyl (C=O) groups is 1. The standard InChI is InChI=1S/C25H25N3O2/c1-18(29)28-17-22-13-12-21(23-7-5-9-25(27-23)26-14-15-30-2)16-20(22)11-10-19-6-3-4-8-24(19)28/h3-13,16H,14-15,17H2,1-2H3,(H,26,27)/b11-10-. The van der Waals surface area contributed by atoms with Gasteiger partial charge in [0.1, 0.15) is 5.82 Å². The summed E-state index contributed by atoms with van der Waals surface area (Å²) < 4.78 is 5.09. The second-order valence-electron chi connectivity index (χ2n) is 7.24. The third kappa shape index (κ3) is 4.26. The van der Waals surface area contributed by atoms with E-state index in [0.717, 1.165) is 39.5 Å². The van der Waals surface area contributed by atoms with E-state index < -0.39 is 0 Å². The highest BCUT2D eigenvalue weighted by molar-refractivity contribution is 5.95. The minimum Gasteiger partial charge on any atom is -0.383 e. The average Bonchev–Trinajstić information content (AvgIpc) is 2.75. The number of pyridine rings is 1. The largest absolute Gasteiger partial charge is 0.383 e. The van der Waals surface area contributed by atoms with Crippen LogP contribution in [0.15, 0.2) is 60.7 Å². The molecule has 0 fully saturated rings. The Morgan fingerprint density at radius 2 is 1.90 bits per heavy atom. The van der Waals surface area contributed by atoms with E-state index in [0.29, 0.717) is 19.7 Å². The fourth-order valence-electron chi connectivity index (χ4n) is 3.62. The Hall–Kier alpha value is -3.44. The Bertz CT molecular complexity index is 1090. The Morgan fingerprint density at radius 1 is 1.07 bits per heavy atom. The number of fused-ring (bicyclic) bond motifs is 2. The molecule has 0 bridgehead atoms. The van der Waals surface area contributed by atoms with Crippen LogP contribution in [0.1, 0.15) is 23.6 Å². The van der Waals surface area contributed by atoms with Gasteiger partial charge in [0.15, 0.2) is 0 Å². The molecule has 4 rings (SSSR count). The maximum absolute atomic E-state index is 12.3. The predicted octanol–water partition coefficient (Wildman–Crippen LogP) is 4.84. The molecular formula is C25H25N3O2. The van der Waals surface area contributed by atoms with E-state index in [2.05, 4.69) is 35.7 Å². The first-order chi connectivity index (χ1) is 14.7. The fourth-order valence-corrected chi connectivity index (χ4v) is 3.62. The molecule has 1 N–H and O–H groups in total. The van der Waals surface area contributed by atoms with Gasteiger partial charge in [-0.25, -0.2) is 4.98 Å². The van der Waals surface area contributed by atoms with Crippen molar-refractivity contribution in [3.63, 3.8) is 0 Å². The number of methoxy groups -OCH3 is 1. The van der Waals surface area contributed by atoms with Gasteiger partial charge in [0.05, 0.1) is 24.5 Å². The molecule has 5 heteroatoms. The fraction of sp³-hybridized carbons (Fsp3) is 0.200. The molecule has 1 amide bonds. The minimum absolute atomic E-state index is 0.0317. The SMILES string of the molecule is COCCNc1cccc(-c2ccc3c(c2)/C=C\c2ccccc2N(C(C)=O)C3)n1. The molecule has 1 aliphatic rings. The van der Waals surface area contributed by atoms with Crippen molar-refractivity contribution in [3.05, 3.63) is 77.4 Å². The quantitative estimate of drug-likeness (QED) is 0.624. The van der Waals surface area contributed by atoms with Crippen molar-refractivity contribution in [1.82, 2.24) is 4.98 Å². The van der Waals surface area contributed by atoms with Crippen LogP contribution in [0.3, 0.4) is 0 Å². The molecule has 0 radical (unpaired) electrons. The third-order valence-corrected chi connectivity index (χ3v) is 5.18. The summed E-state index contributed by atoms with van der Waals surface area (Å²) in [6, 6.07) is 20.2. The summed E-state index contributed by atoms with van der Waals surface area (Å²) in [5.74, 6) is 0.854. The maximum atomic E-state index is 12.3. The molecule has 3 aromatic rings. The number of amides is 1. The van der Waals surface area contributed by atoms with Crippen LogP contribution >= 0.6 is 0 Å². The smallest absolute Gasteiger partial charge is 0.224 e. The monoisotopic (exact) mass is 399 g/mol. The van der Waals surface area contributed by atoms with Crippen molar-refractivity contribution in [3.8, 4) is 11.3 Å². The number of hydrogen-bond donors (Lipinski definition) is 1. The number of carbonyl (C=O) groups excluding carboxylic acids is 1. The van der Waals surface area contributed by atoms with Gasteiger partial charge in [-0.3, -0.25) is 4.79 Å². The first kappa shape index (κ1) is 19.9. The normalized spacial score (nSPS) is 13.6. The number of rotatable bonds is 5. The van der Waals surface area contributed by atoms with Crippen LogP contribution in [0.25, 0.3) is 23.4 Å². The molecule has 0 atom stereocenters. The first-order valence-electron chi connectivity index (χ1n) is 10.0. The number of anilines is 2. The van der Waals surface area contributed by atoms with Crippen molar-refractivity contribution in [2.24, 2.45) is 0 Å². The second kappa shape index (κ2) is 8.93. The summed E-state index contributed by atoms with van der Waals surface area (Å²) in [7, 11) is 1.68. The third-order valence-electron chi connectivity index (χ3n) is 5.18. The molecule has 152 valence electrons. The lowest BCUT2D eigenvalue weighted by molar-refractivity contribution is -0.116. The summed E-state index contributed by atoms with van der Waals surface area (Å²) in [6.07, 6.45) is 4.19. The van der Waals surface area contributed by atoms with Crippen molar-refractivity contribution in [1.29, 1.82) is 0 Å². The molecule has 1 aliphatic heterocycles. The molecule has 2 aromatic carbocycles. The Morgan fingerprint density at radius 3 is 2.73 bits per heavy atom. The van der Waals surface area contributed by atoms with Gasteiger partial charge in [-0.1, -0.05) is 48.6 Å². The molecule has 0 spiro atoms. The van der Waals surface area contributed by atoms with Crippen LogP contribution in [-0.4, -0.2) is 31.2 Å². The number of para-hydroxylation sites is 1. The molecule has 0 aliphatic carbocycles. The van der Waals surface area contributed by atoms with Crippen LogP contribution < -0.4 is 10.2 Å². The van der Waals surface area contributed by atoms with E-state index in [4.69, 9.17) is 9.72 Å². The Kier molecular flexibility index (Phi) is 5.91. The number of nitrogens with one attached hydrogen (secondary N) is 1. The molecule has 0 unspecified atom stereocenters. The zero-order valence-electron chi connectivity index (χ0n) is 17.3. The summed E-state index contributed by atoms with van der Waals surface area (Å²) in [4.78, 5) is 18.9. The van der Waals surface area contributed by atoms with Crippen LogP contribution in [0, 0.1) is 0 Å². The lowest BCUT2D eigenvalue weighted by Gasteiger charge is -2.26. The number of ether oxygens (including phenoxy) is 1. The Balaban J connectivity index is 1.69. The number of benzene rings is 2. The van der Waals surface area contributed by atoms with Gasteiger partial charge >= 0.3 is 0 Å². The first-order valence-corrected chi connectivity index (χ1v) is 10.0. The molecule has 30 heavy (non-hydrogen) atoms. The predicted molar refractivity (Wildman–Crippen MR) is 122 cm³/mol. The van der Waals surface area contributed by atoms with Gasteiger partial charge in [0, 0.05) is 26.1 Å². The highest BCUT2D eigenvalue weighted by atomic mass is 16.5. The average molecular weight is 399 g/mol. The summed E-state index contributed by atoms with van der Waals surface area (Å²) >= 11 is 0. The topological polar surface area (TPSA) is 54.5 Å².